The van der Waals surface area contributed by atoms with Crippen LogP contribution >= 0.6 is 0 Å². The van der Waals surface area contributed by atoms with Crippen LogP contribution in [0.4, 0.5) is 5.95 Å². The fourth-order valence-corrected chi connectivity index (χ4v) is 3.30. The van der Waals surface area contributed by atoms with E-state index in [-0.39, 0.29) is 5.91 Å². The van der Waals surface area contributed by atoms with Crippen molar-refractivity contribution in [3.05, 3.63) is 54.1 Å². The lowest BCUT2D eigenvalue weighted by molar-refractivity contribution is -0.121. The van der Waals surface area contributed by atoms with Crippen LogP contribution in [0.5, 0.6) is 0 Å². The van der Waals surface area contributed by atoms with Gasteiger partial charge in [0.25, 0.3) is 0 Å². The lowest BCUT2D eigenvalue weighted by Crippen LogP contribution is -2.38. The van der Waals surface area contributed by atoms with Crippen molar-refractivity contribution in [2.24, 2.45) is 0 Å². The molecule has 0 aliphatic rings. The van der Waals surface area contributed by atoms with Crippen LogP contribution in [0.2, 0.25) is 0 Å². The number of hydrogen-bond acceptors (Lipinski definition) is 6. The number of carbonyl (C=O) groups is 1. The number of hydrogen-bond donors (Lipinski definition) is 2. The van der Waals surface area contributed by atoms with E-state index in [9.17, 15) is 10.1 Å². The number of aromatic nitrogens is 4. The second-order valence-electron chi connectivity index (χ2n) is 7.33. The average molecular weight is 413 g/mol. The molecule has 1 unspecified atom stereocenters. The first-order chi connectivity index (χ1) is 15.1. The molecule has 4 aromatic rings. The normalized spacial score (nSPS) is 11.9. The Hall–Kier alpha value is -3.99. The molecule has 156 valence electrons. The van der Waals surface area contributed by atoms with Crippen molar-refractivity contribution in [1.29, 1.82) is 5.26 Å². The Kier molecular flexibility index (Phi) is 5.76. The van der Waals surface area contributed by atoms with Crippen molar-refractivity contribution in [2.45, 2.75) is 32.7 Å². The Morgan fingerprint density at radius 2 is 2.03 bits per heavy atom. The molecule has 0 aliphatic carbocycles. The van der Waals surface area contributed by atoms with Gasteiger partial charge < -0.3 is 10.6 Å². The number of fused-ring (bicyclic) bond motifs is 3. The molecular weight excluding hydrogens is 390 g/mol. The second kappa shape index (κ2) is 8.79. The number of rotatable bonds is 7. The minimum atomic E-state index is -0.497. The standard InChI is InChI=1S/C23H23N7O/c1-3-4-12-25-22(31)15(2)26-23-27-19-11-6-5-10-18(19)21-28-20(29-30(21)23)17-9-7-8-16(13-17)14-24/h5-11,13,15H,3-4,12H2,1-2H3,(H,25,31)(H,26,27). The Bertz CT molecular complexity index is 1290. The van der Waals surface area contributed by atoms with Crippen LogP contribution in [0, 0.1) is 11.3 Å². The number of nitrogens with zero attached hydrogens (tertiary/aromatic N) is 5. The van der Waals surface area contributed by atoms with E-state index in [0.717, 1.165) is 29.3 Å². The molecule has 0 saturated heterocycles. The fourth-order valence-electron chi connectivity index (χ4n) is 3.30. The summed E-state index contributed by atoms with van der Waals surface area (Å²) < 4.78 is 1.62. The predicted molar refractivity (Wildman–Crippen MR) is 119 cm³/mol. The van der Waals surface area contributed by atoms with E-state index >= 15 is 0 Å². The van der Waals surface area contributed by atoms with Crippen molar-refractivity contribution in [3.63, 3.8) is 0 Å². The van der Waals surface area contributed by atoms with Crippen LogP contribution in [0.1, 0.15) is 32.3 Å². The first-order valence-electron chi connectivity index (χ1n) is 10.3. The lowest BCUT2D eigenvalue weighted by Gasteiger charge is -2.15. The molecule has 2 aromatic carbocycles. The average Bonchev–Trinajstić information content (AvgIpc) is 3.25. The van der Waals surface area contributed by atoms with Crippen molar-refractivity contribution in [2.75, 3.05) is 11.9 Å². The van der Waals surface area contributed by atoms with Gasteiger partial charge in [0.05, 0.1) is 17.1 Å². The fraction of sp³-hybridized carbons (Fsp3) is 0.261. The molecule has 2 aromatic heterocycles. The topological polar surface area (TPSA) is 108 Å². The van der Waals surface area contributed by atoms with Crippen LogP contribution < -0.4 is 10.6 Å². The van der Waals surface area contributed by atoms with Crippen LogP contribution in [0.15, 0.2) is 48.5 Å². The van der Waals surface area contributed by atoms with Crippen molar-refractivity contribution >= 4 is 28.4 Å². The first kappa shape index (κ1) is 20.3. The monoisotopic (exact) mass is 413 g/mol. The zero-order valence-electron chi connectivity index (χ0n) is 17.5. The van der Waals surface area contributed by atoms with Crippen LogP contribution in [-0.4, -0.2) is 38.1 Å². The maximum atomic E-state index is 12.4. The maximum Gasteiger partial charge on any atom is 0.242 e. The largest absolute Gasteiger partial charge is 0.354 e. The van der Waals surface area contributed by atoms with Crippen molar-refractivity contribution < 1.29 is 4.79 Å². The molecule has 0 spiro atoms. The summed E-state index contributed by atoms with van der Waals surface area (Å²) >= 11 is 0. The molecule has 31 heavy (non-hydrogen) atoms. The van der Waals surface area contributed by atoms with E-state index in [1.54, 1.807) is 29.6 Å². The van der Waals surface area contributed by atoms with Crippen LogP contribution in [0.25, 0.3) is 27.9 Å². The molecular formula is C23H23N7O. The highest BCUT2D eigenvalue weighted by atomic mass is 16.2. The van der Waals surface area contributed by atoms with Crippen molar-refractivity contribution in [1.82, 2.24) is 24.9 Å². The zero-order chi connectivity index (χ0) is 21.8. The van der Waals surface area contributed by atoms with Crippen LogP contribution in [-0.2, 0) is 4.79 Å². The van der Waals surface area contributed by atoms with Gasteiger partial charge >= 0.3 is 0 Å². The Morgan fingerprint density at radius 1 is 1.19 bits per heavy atom. The highest BCUT2D eigenvalue weighted by molar-refractivity contribution is 5.93. The number of unbranched alkanes of at least 4 members (excludes halogenated alkanes) is 1. The van der Waals surface area contributed by atoms with Gasteiger partial charge in [-0.05, 0) is 37.6 Å². The molecule has 8 nitrogen and oxygen atoms in total. The number of carbonyl (C=O) groups excluding carboxylic acids is 1. The summed E-state index contributed by atoms with van der Waals surface area (Å²) in [6, 6.07) is 16.5. The second-order valence-corrected chi connectivity index (χ2v) is 7.33. The molecule has 0 fully saturated rings. The minimum Gasteiger partial charge on any atom is -0.354 e. The van der Waals surface area contributed by atoms with Gasteiger partial charge in [-0.15, -0.1) is 5.10 Å². The van der Waals surface area contributed by atoms with Crippen LogP contribution in [0.3, 0.4) is 0 Å². The Morgan fingerprint density at radius 3 is 2.84 bits per heavy atom. The van der Waals surface area contributed by atoms with Gasteiger partial charge in [-0.25, -0.2) is 9.97 Å². The molecule has 8 heteroatoms. The third kappa shape index (κ3) is 4.16. The molecule has 0 bridgehead atoms. The quantitative estimate of drug-likeness (QED) is 0.449. The van der Waals surface area contributed by atoms with E-state index in [1.807, 2.05) is 30.3 Å². The molecule has 1 atom stereocenters. The summed E-state index contributed by atoms with van der Waals surface area (Å²) in [5, 5.41) is 20.8. The van der Waals surface area contributed by atoms with Gasteiger partial charge in [0.15, 0.2) is 11.5 Å². The lowest BCUT2D eigenvalue weighted by atomic mass is 10.1. The molecule has 0 radical (unpaired) electrons. The zero-order valence-corrected chi connectivity index (χ0v) is 17.5. The molecule has 0 aliphatic heterocycles. The minimum absolute atomic E-state index is 0.0985. The molecule has 4 rings (SSSR count). The van der Waals surface area contributed by atoms with E-state index in [2.05, 4.69) is 33.7 Å². The third-order valence-electron chi connectivity index (χ3n) is 5.00. The SMILES string of the molecule is CCCCNC(=O)C(C)Nc1nc2ccccc2c2nc(-c3cccc(C#N)c3)nn12. The number of para-hydroxylation sites is 1. The third-order valence-corrected chi connectivity index (χ3v) is 5.00. The highest BCUT2D eigenvalue weighted by Crippen LogP contribution is 2.24. The summed E-state index contributed by atoms with van der Waals surface area (Å²) in [5.74, 6) is 0.819. The molecule has 2 N–H and O–H groups in total. The molecule has 2 heterocycles. The Balaban J connectivity index is 1.76. The highest BCUT2D eigenvalue weighted by Gasteiger charge is 2.18. The van der Waals surface area contributed by atoms with E-state index in [1.165, 1.54) is 0 Å². The van der Waals surface area contributed by atoms with Gasteiger partial charge in [-0.1, -0.05) is 37.6 Å². The van der Waals surface area contributed by atoms with Gasteiger partial charge in [-0.2, -0.15) is 9.78 Å². The van der Waals surface area contributed by atoms with E-state index < -0.39 is 6.04 Å². The number of benzene rings is 2. The number of nitriles is 1. The summed E-state index contributed by atoms with van der Waals surface area (Å²) in [6.45, 7) is 4.51. The van der Waals surface area contributed by atoms with Crippen molar-refractivity contribution in [3.8, 4) is 17.5 Å². The summed E-state index contributed by atoms with van der Waals surface area (Å²) in [6.07, 6.45) is 1.95. The van der Waals surface area contributed by atoms with Gasteiger partial charge in [0.1, 0.15) is 6.04 Å². The number of nitrogens with one attached hydrogen (secondary N) is 2. The summed E-state index contributed by atoms with van der Waals surface area (Å²) in [4.78, 5) is 21.8. The maximum absolute atomic E-state index is 12.4. The predicted octanol–water partition coefficient (Wildman–Crippen LogP) is 3.53. The Labute approximate surface area is 179 Å². The van der Waals surface area contributed by atoms with Gasteiger partial charge in [0.2, 0.25) is 11.9 Å². The number of amides is 1. The van der Waals surface area contributed by atoms with Gasteiger partial charge in [0, 0.05) is 17.5 Å². The van der Waals surface area contributed by atoms with E-state index in [4.69, 9.17) is 4.98 Å². The molecule has 0 saturated carbocycles. The van der Waals surface area contributed by atoms with E-state index in [0.29, 0.717) is 29.5 Å². The smallest absolute Gasteiger partial charge is 0.242 e. The molecule has 1 amide bonds. The summed E-state index contributed by atoms with van der Waals surface area (Å²) in [5.41, 5.74) is 2.66. The summed E-state index contributed by atoms with van der Waals surface area (Å²) in [7, 11) is 0. The number of anilines is 1. The first-order valence-corrected chi connectivity index (χ1v) is 10.3. The van der Waals surface area contributed by atoms with Gasteiger partial charge in [-0.3, -0.25) is 4.79 Å².